The number of anilines is 3. The molecule has 2 heterocycles. The lowest BCUT2D eigenvalue weighted by Gasteiger charge is -2.24. The van der Waals surface area contributed by atoms with Crippen molar-refractivity contribution in [3.05, 3.63) is 41.7 Å². The molecule has 5 N–H and O–H groups in total. The van der Waals surface area contributed by atoms with E-state index < -0.39 is 0 Å². The summed E-state index contributed by atoms with van der Waals surface area (Å²) in [5.41, 5.74) is 17.2. The summed E-state index contributed by atoms with van der Waals surface area (Å²) in [6.45, 7) is 6.88. The fraction of sp³-hybridized carbons (Fsp3) is 0.478. The molecule has 0 bridgehead atoms. The van der Waals surface area contributed by atoms with Crippen molar-refractivity contribution in [2.75, 3.05) is 17.7 Å². The molecule has 1 saturated carbocycles. The second kappa shape index (κ2) is 8.52. The predicted molar refractivity (Wildman–Crippen MR) is 122 cm³/mol. The van der Waals surface area contributed by atoms with Crippen LogP contribution in [0.1, 0.15) is 69.5 Å². The molecule has 7 nitrogen and oxygen atoms in total. The van der Waals surface area contributed by atoms with Crippen molar-refractivity contribution in [3.63, 3.8) is 0 Å². The van der Waals surface area contributed by atoms with Crippen molar-refractivity contribution < 1.29 is 4.74 Å². The second-order valence-electron chi connectivity index (χ2n) is 8.46. The third-order valence-electron chi connectivity index (χ3n) is 5.89. The van der Waals surface area contributed by atoms with Crippen LogP contribution >= 0.6 is 0 Å². The van der Waals surface area contributed by atoms with Crippen LogP contribution in [0.15, 0.2) is 30.5 Å². The minimum absolute atomic E-state index is 0.209. The number of nitrogens with zero attached hydrogens (tertiary/aromatic N) is 3. The van der Waals surface area contributed by atoms with Gasteiger partial charge in [0.15, 0.2) is 5.65 Å². The zero-order chi connectivity index (χ0) is 21.3. The minimum atomic E-state index is 0.209. The van der Waals surface area contributed by atoms with E-state index in [4.69, 9.17) is 21.2 Å². The van der Waals surface area contributed by atoms with Crippen LogP contribution in [0.3, 0.4) is 0 Å². The minimum Gasteiger partial charge on any atom is -0.494 e. The number of ether oxygens (including phenoxy) is 1. The van der Waals surface area contributed by atoms with Crippen molar-refractivity contribution in [3.8, 4) is 5.75 Å². The van der Waals surface area contributed by atoms with Crippen molar-refractivity contribution in [1.29, 1.82) is 0 Å². The van der Waals surface area contributed by atoms with Gasteiger partial charge in [0.25, 0.3) is 0 Å². The van der Waals surface area contributed by atoms with Crippen molar-refractivity contribution in [2.45, 2.75) is 64.3 Å². The molecule has 4 rings (SSSR count). The fourth-order valence-corrected chi connectivity index (χ4v) is 4.32. The first-order chi connectivity index (χ1) is 14.5. The topological polar surface area (TPSA) is 103 Å². The molecule has 3 aromatic rings. The lowest BCUT2D eigenvalue weighted by Crippen LogP contribution is -2.25. The number of nitrogens with two attached hydrogens (primary N) is 2. The normalized spacial score (nSPS) is 19.4. The van der Waals surface area contributed by atoms with E-state index in [1.807, 2.05) is 41.9 Å². The number of imidazole rings is 1. The Morgan fingerprint density at radius 3 is 2.50 bits per heavy atom. The Bertz CT molecular complexity index is 1000. The molecule has 160 valence electrons. The predicted octanol–water partition coefficient (Wildman–Crippen LogP) is 4.56. The van der Waals surface area contributed by atoms with Gasteiger partial charge in [-0.25, -0.2) is 9.50 Å². The Morgan fingerprint density at radius 2 is 1.87 bits per heavy atom. The molecule has 0 radical (unpaired) electrons. The van der Waals surface area contributed by atoms with Crippen molar-refractivity contribution in [1.82, 2.24) is 14.6 Å². The first-order valence-corrected chi connectivity index (χ1v) is 10.9. The lowest BCUT2D eigenvalue weighted by molar-refractivity contribution is 0.340. The van der Waals surface area contributed by atoms with Gasteiger partial charge < -0.3 is 21.5 Å². The number of benzene rings is 1. The second-order valence-corrected chi connectivity index (χ2v) is 8.46. The largest absolute Gasteiger partial charge is 0.494 e. The number of hydrogen-bond acceptors (Lipinski definition) is 6. The summed E-state index contributed by atoms with van der Waals surface area (Å²) in [6.07, 6.45) is 6.25. The highest BCUT2D eigenvalue weighted by Gasteiger charge is 2.25. The van der Waals surface area contributed by atoms with Gasteiger partial charge in [-0.2, -0.15) is 0 Å². The molecule has 1 fully saturated rings. The molecule has 0 atom stereocenters. The maximum atomic E-state index is 6.38. The molecule has 30 heavy (non-hydrogen) atoms. The SMILES string of the molecule is CCOc1ccc(Nc2c(C(C)C)c(N)nn3cc(C4CCC(N)CC4)nc23)cc1. The van der Waals surface area contributed by atoms with Crippen LogP contribution in [-0.4, -0.2) is 27.2 Å². The average Bonchev–Trinajstić information content (AvgIpc) is 3.13. The van der Waals surface area contributed by atoms with Gasteiger partial charge in [-0.1, -0.05) is 13.8 Å². The van der Waals surface area contributed by atoms with Gasteiger partial charge in [-0.3, -0.25) is 0 Å². The monoisotopic (exact) mass is 408 g/mol. The summed E-state index contributed by atoms with van der Waals surface area (Å²) in [7, 11) is 0. The van der Waals surface area contributed by atoms with Gasteiger partial charge in [0, 0.05) is 23.2 Å². The standard InChI is InChI=1S/C23H32N6O/c1-4-30-18-11-9-17(10-12-18)26-21-20(14(2)3)22(25)28-29-13-19(27-23(21)29)15-5-7-16(24)8-6-15/h9-16,26H,4-8,24H2,1-3H3,(H2,25,28). The van der Waals surface area contributed by atoms with Crippen LogP contribution < -0.4 is 21.5 Å². The van der Waals surface area contributed by atoms with E-state index in [9.17, 15) is 0 Å². The number of aromatic nitrogens is 3. The Morgan fingerprint density at radius 1 is 1.17 bits per heavy atom. The fourth-order valence-electron chi connectivity index (χ4n) is 4.32. The van der Waals surface area contributed by atoms with Crippen LogP contribution in [0.4, 0.5) is 17.2 Å². The molecule has 0 unspecified atom stereocenters. The van der Waals surface area contributed by atoms with Gasteiger partial charge >= 0.3 is 0 Å². The molecule has 0 spiro atoms. The Kier molecular flexibility index (Phi) is 5.81. The highest BCUT2D eigenvalue weighted by molar-refractivity contribution is 5.81. The number of rotatable bonds is 6. The van der Waals surface area contributed by atoms with Crippen LogP contribution in [0.25, 0.3) is 5.65 Å². The van der Waals surface area contributed by atoms with Gasteiger partial charge in [-0.15, -0.1) is 5.10 Å². The molecule has 2 aromatic heterocycles. The third kappa shape index (κ3) is 4.07. The quantitative estimate of drug-likeness (QED) is 0.552. The molecule has 1 aliphatic rings. The van der Waals surface area contributed by atoms with Gasteiger partial charge in [0.05, 0.1) is 24.2 Å². The van der Waals surface area contributed by atoms with Gasteiger partial charge in [0.2, 0.25) is 0 Å². The summed E-state index contributed by atoms with van der Waals surface area (Å²) < 4.78 is 7.38. The van der Waals surface area contributed by atoms with E-state index in [1.165, 1.54) is 0 Å². The average molecular weight is 409 g/mol. The number of nitrogens with one attached hydrogen (secondary N) is 1. The molecule has 0 saturated heterocycles. The number of nitrogen functional groups attached to an aromatic ring is 1. The first kappa shape index (κ1) is 20.5. The smallest absolute Gasteiger partial charge is 0.178 e. The molecule has 7 heteroatoms. The first-order valence-electron chi connectivity index (χ1n) is 10.9. The third-order valence-corrected chi connectivity index (χ3v) is 5.89. The number of fused-ring (bicyclic) bond motifs is 1. The van der Waals surface area contributed by atoms with Crippen LogP contribution in [-0.2, 0) is 0 Å². The molecular weight excluding hydrogens is 376 g/mol. The van der Waals surface area contributed by atoms with E-state index in [1.54, 1.807) is 0 Å². The lowest BCUT2D eigenvalue weighted by atomic mass is 9.85. The van der Waals surface area contributed by atoms with Gasteiger partial charge in [0.1, 0.15) is 11.6 Å². The zero-order valence-corrected chi connectivity index (χ0v) is 18.1. The van der Waals surface area contributed by atoms with Crippen LogP contribution in [0, 0.1) is 0 Å². The van der Waals surface area contributed by atoms with Crippen LogP contribution in [0.5, 0.6) is 5.75 Å². The summed E-state index contributed by atoms with van der Waals surface area (Å²) in [5, 5.41) is 8.17. The van der Waals surface area contributed by atoms with E-state index in [0.29, 0.717) is 24.4 Å². The zero-order valence-electron chi connectivity index (χ0n) is 18.1. The highest BCUT2D eigenvalue weighted by atomic mass is 16.5. The Hall–Kier alpha value is -2.80. The molecular formula is C23H32N6O. The Balaban J connectivity index is 1.74. The van der Waals surface area contributed by atoms with E-state index in [0.717, 1.165) is 59.7 Å². The van der Waals surface area contributed by atoms with Crippen molar-refractivity contribution >= 4 is 22.8 Å². The Labute approximate surface area is 177 Å². The molecule has 0 aliphatic heterocycles. The van der Waals surface area contributed by atoms with E-state index in [-0.39, 0.29) is 5.92 Å². The number of hydrogen-bond donors (Lipinski definition) is 3. The highest BCUT2D eigenvalue weighted by Crippen LogP contribution is 2.37. The maximum absolute atomic E-state index is 6.38. The summed E-state index contributed by atoms with van der Waals surface area (Å²) >= 11 is 0. The summed E-state index contributed by atoms with van der Waals surface area (Å²) in [4.78, 5) is 5.01. The maximum Gasteiger partial charge on any atom is 0.178 e. The van der Waals surface area contributed by atoms with Crippen LogP contribution in [0.2, 0.25) is 0 Å². The molecule has 0 amide bonds. The molecule has 1 aromatic carbocycles. The van der Waals surface area contributed by atoms with Gasteiger partial charge in [-0.05, 0) is 62.8 Å². The van der Waals surface area contributed by atoms with E-state index >= 15 is 0 Å². The summed E-state index contributed by atoms with van der Waals surface area (Å²) in [6, 6.07) is 8.26. The van der Waals surface area contributed by atoms with Crippen molar-refractivity contribution in [2.24, 2.45) is 5.73 Å². The molecule has 1 aliphatic carbocycles. The summed E-state index contributed by atoms with van der Waals surface area (Å²) in [5.74, 6) is 2.01. The van der Waals surface area contributed by atoms with E-state index in [2.05, 4.69) is 24.3 Å².